The summed E-state index contributed by atoms with van der Waals surface area (Å²) in [7, 11) is 0. The van der Waals surface area contributed by atoms with Gasteiger partial charge in [0.25, 0.3) is 5.91 Å². The Kier molecular flexibility index (Phi) is 5.43. The molecule has 1 aromatic heterocycles. The van der Waals surface area contributed by atoms with Gasteiger partial charge in [-0.05, 0) is 66.0 Å². The molecule has 1 unspecified atom stereocenters. The zero-order chi connectivity index (χ0) is 16.1. The predicted octanol–water partition coefficient (Wildman–Crippen LogP) is 2.81. The van der Waals surface area contributed by atoms with Gasteiger partial charge in [-0.1, -0.05) is 12.1 Å². The molecule has 2 aromatic rings. The van der Waals surface area contributed by atoms with Gasteiger partial charge in [-0.3, -0.25) is 9.69 Å². The zero-order valence-corrected chi connectivity index (χ0v) is 13.9. The first kappa shape index (κ1) is 16.2. The van der Waals surface area contributed by atoms with Crippen molar-refractivity contribution in [3.05, 3.63) is 57.8 Å². The number of aliphatic hydroxyl groups is 1. The van der Waals surface area contributed by atoms with E-state index in [1.54, 1.807) is 0 Å². The fourth-order valence-electron chi connectivity index (χ4n) is 2.88. The van der Waals surface area contributed by atoms with Crippen molar-refractivity contribution >= 4 is 17.2 Å². The van der Waals surface area contributed by atoms with Crippen molar-refractivity contribution in [1.29, 1.82) is 0 Å². The largest absolute Gasteiger partial charge is 0.387 e. The summed E-state index contributed by atoms with van der Waals surface area (Å²) < 4.78 is 0. The fourth-order valence-corrected chi connectivity index (χ4v) is 3.59. The molecule has 1 fully saturated rings. The van der Waals surface area contributed by atoms with E-state index in [-0.39, 0.29) is 12.5 Å². The number of nitrogens with one attached hydrogen (secondary N) is 1. The maximum Gasteiger partial charge on any atom is 0.251 e. The van der Waals surface area contributed by atoms with Gasteiger partial charge in [0.1, 0.15) is 0 Å². The van der Waals surface area contributed by atoms with Gasteiger partial charge in [0.2, 0.25) is 0 Å². The Hall–Kier alpha value is -1.69. The number of aliphatic hydroxyl groups excluding tert-OH is 1. The summed E-state index contributed by atoms with van der Waals surface area (Å²) in [5.41, 5.74) is 2.66. The minimum Gasteiger partial charge on any atom is -0.387 e. The van der Waals surface area contributed by atoms with E-state index in [0.29, 0.717) is 5.56 Å². The summed E-state index contributed by atoms with van der Waals surface area (Å²) in [5, 5.41) is 16.7. The van der Waals surface area contributed by atoms with Crippen LogP contribution in [0.3, 0.4) is 0 Å². The van der Waals surface area contributed by atoms with Gasteiger partial charge < -0.3 is 10.4 Å². The van der Waals surface area contributed by atoms with Gasteiger partial charge in [-0.25, -0.2) is 0 Å². The number of likely N-dealkylation sites (tertiary alicyclic amines) is 1. The number of rotatable bonds is 6. The SMILES string of the molecule is O=C(NCC(O)c1ccsc1)c1cccc(CN2CCCC2)c1. The number of benzene rings is 1. The molecule has 4 nitrogen and oxygen atoms in total. The van der Waals surface area contributed by atoms with E-state index in [9.17, 15) is 9.90 Å². The lowest BCUT2D eigenvalue weighted by molar-refractivity contribution is 0.0916. The third kappa shape index (κ3) is 4.41. The number of carbonyl (C=O) groups is 1. The lowest BCUT2D eigenvalue weighted by Gasteiger charge is -2.15. The van der Waals surface area contributed by atoms with Crippen LogP contribution < -0.4 is 5.32 Å². The third-order valence-electron chi connectivity index (χ3n) is 4.18. The topological polar surface area (TPSA) is 52.6 Å². The quantitative estimate of drug-likeness (QED) is 0.856. The molecule has 0 aliphatic carbocycles. The minimum absolute atomic E-state index is 0.137. The van der Waals surface area contributed by atoms with Crippen LogP contribution in [0.2, 0.25) is 0 Å². The molecule has 1 atom stereocenters. The second-order valence-electron chi connectivity index (χ2n) is 5.97. The average Bonchev–Trinajstić information content (AvgIpc) is 3.26. The fraction of sp³-hybridized carbons (Fsp3) is 0.389. The van der Waals surface area contributed by atoms with Gasteiger partial charge in [0.05, 0.1) is 6.10 Å². The van der Waals surface area contributed by atoms with Crippen molar-refractivity contribution in [2.45, 2.75) is 25.5 Å². The lowest BCUT2D eigenvalue weighted by atomic mass is 10.1. The second kappa shape index (κ2) is 7.73. The molecule has 0 saturated carbocycles. The van der Waals surface area contributed by atoms with E-state index in [1.165, 1.54) is 24.2 Å². The van der Waals surface area contributed by atoms with Gasteiger partial charge in [0, 0.05) is 18.7 Å². The molecule has 3 rings (SSSR count). The minimum atomic E-state index is -0.655. The van der Waals surface area contributed by atoms with Crippen LogP contribution >= 0.6 is 11.3 Å². The Morgan fingerprint density at radius 3 is 2.87 bits per heavy atom. The van der Waals surface area contributed by atoms with Crippen LogP contribution in [0.5, 0.6) is 0 Å². The van der Waals surface area contributed by atoms with Gasteiger partial charge >= 0.3 is 0 Å². The van der Waals surface area contributed by atoms with Crippen LogP contribution in [-0.2, 0) is 6.54 Å². The highest BCUT2D eigenvalue weighted by Gasteiger charge is 2.14. The van der Waals surface area contributed by atoms with E-state index in [4.69, 9.17) is 0 Å². The highest BCUT2D eigenvalue weighted by Crippen LogP contribution is 2.16. The molecule has 1 saturated heterocycles. The number of carbonyl (C=O) groups excluding carboxylic acids is 1. The number of hydrogen-bond donors (Lipinski definition) is 2. The highest BCUT2D eigenvalue weighted by atomic mass is 32.1. The standard InChI is InChI=1S/C18H22N2O2S/c21-17(16-6-9-23-13-16)11-19-18(22)15-5-3-4-14(10-15)12-20-7-1-2-8-20/h3-6,9-10,13,17,21H,1-2,7-8,11-12H2,(H,19,22). The van der Waals surface area contributed by atoms with Crippen LogP contribution in [0.15, 0.2) is 41.1 Å². The number of thiophene rings is 1. The summed E-state index contributed by atoms with van der Waals surface area (Å²) in [5.74, 6) is -0.137. The smallest absolute Gasteiger partial charge is 0.251 e. The van der Waals surface area contributed by atoms with Crippen molar-refractivity contribution in [2.24, 2.45) is 0 Å². The maximum atomic E-state index is 12.3. The van der Waals surface area contributed by atoms with Crippen LogP contribution in [0.1, 0.15) is 40.4 Å². The molecule has 23 heavy (non-hydrogen) atoms. The third-order valence-corrected chi connectivity index (χ3v) is 4.88. The molecular weight excluding hydrogens is 308 g/mol. The van der Waals surface area contributed by atoms with E-state index >= 15 is 0 Å². The molecule has 1 aliphatic heterocycles. The van der Waals surface area contributed by atoms with Crippen LogP contribution in [-0.4, -0.2) is 35.5 Å². The molecule has 122 valence electrons. The summed E-state index contributed by atoms with van der Waals surface area (Å²) in [6.45, 7) is 3.41. The molecule has 0 radical (unpaired) electrons. The predicted molar refractivity (Wildman–Crippen MR) is 92.6 cm³/mol. The van der Waals surface area contributed by atoms with E-state index in [0.717, 1.165) is 30.8 Å². The van der Waals surface area contributed by atoms with Crippen LogP contribution in [0.25, 0.3) is 0 Å². The van der Waals surface area contributed by atoms with E-state index in [1.807, 2.05) is 35.0 Å². The van der Waals surface area contributed by atoms with Crippen LogP contribution in [0, 0.1) is 0 Å². The molecule has 2 N–H and O–H groups in total. The number of amides is 1. The van der Waals surface area contributed by atoms with E-state index < -0.39 is 6.10 Å². The Bertz CT molecular complexity index is 636. The summed E-state index contributed by atoms with van der Waals surface area (Å²) in [6, 6.07) is 9.63. The Balaban J connectivity index is 1.56. The molecule has 1 aromatic carbocycles. The zero-order valence-electron chi connectivity index (χ0n) is 13.1. The van der Waals surface area contributed by atoms with Gasteiger partial charge in [-0.2, -0.15) is 11.3 Å². The lowest BCUT2D eigenvalue weighted by Crippen LogP contribution is -2.28. The molecule has 5 heteroatoms. The summed E-state index contributed by atoms with van der Waals surface area (Å²) in [4.78, 5) is 14.7. The molecule has 2 heterocycles. The average molecular weight is 330 g/mol. The number of hydrogen-bond acceptors (Lipinski definition) is 4. The van der Waals surface area contributed by atoms with Crippen molar-refractivity contribution in [2.75, 3.05) is 19.6 Å². The normalized spacial score (nSPS) is 16.4. The molecule has 1 amide bonds. The van der Waals surface area contributed by atoms with E-state index in [2.05, 4.69) is 16.3 Å². The molecule has 0 spiro atoms. The Labute approximate surface area is 140 Å². The first-order chi connectivity index (χ1) is 11.2. The Morgan fingerprint density at radius 2 is 2.13 bits per heavy atom. The van der Waals surface area contributed by atoms with Crippen molar-refractivity contribution in [3.8, 4) is 0 Å². The first-order valence-electron chi connectivity index (χ1n) is 8.02. The first-order valence-corrected chi connectivity index (χ1v) is 8.96. The summed E-state index contributed by atoms with van der Waals surface area (Å²) in [6.07, 6.45) is 1.87. The maximum absolute atomic E-state index is 12.3. The second-order valence-corrected chi connectivity index (χ2v) is 6.75. The van der Waals surface area contributed by atoms with Crippen molar-refractivity contribution < 1.29 is 9.90 Å². The molecule has 0 bridgehead atoms. The highest BCUT2D eigenvalue weighted by molar-refractivity contribution is 7.07. The van der Waals surface area contributed by atoms with Crippen molar-refractivity contribution in [3.63, 3.8) is 0 Å². The van der Waals surface area contributed by atoms with Gasteiger partial charge in [-0.15, -0.1) is 0 Å². The number of nitrogens with zero attached hydrogens (tertiary/aromatic N) is 1. The molecular formula is C18H22N2O2S. The molecule has 1 aliphatic rings. The Morgan fingerprint density at radius 1 is 1.30 bits per heavy atom. The monoisotopic (exact) mass is 330 g/mol. The summed E-state index contributed by atoms with van der Waals surface area (Å²) >= 11 is 1.54. The van der Waals surface area contributed by atoms with Gasteiger partial charge in [0.15, 0.2) is 0 Å². The van der Waals surface area contributed by atoms with Crippen molar-refractivity contribution in [1.82, 2.24) is 10.2 Å². The van der Waals surface area contributed by atoms with Crippen LogP contribution in [0.4, 0.5) is 0 Å².